The Labute approximate surface area is 185 Å². The van der Waals surface area contributed by atoms with E-state index >= 15 is 0 Å². The monoisotopic (exact) mass is 440 g/mol. The third kappa shape index (κ3) is 3.27. The van der Waals surface area contributed by atoms with Crippen molar-refractivity contribution in [3.63, 3.8) is 0 Å². The van der Waals surface area contributed by atoms with Gasteiger partial charge in [-0.1, -0.05) is 6.07 Å². The van der Waals surface area contributed by atoms with Gasteiger partial charge in [-0.25, -0.2) is 0 Å². The van der Waals surface area contributed by atoms with E-state index in [1.54, 1.807) is 12.1 Å². The van der Waals surface area contributed by atoms with E-state index in [0.29, 0.717) is 13.1 Å². The zero-order valence-corrected chi connectivity index (χ0v) is 17.9. The minimum Gasteiger partial charge on any atom is -0.396 e. The Morgan fingerprint density at radius 3 is 2.56 bits per heavy atom. The molecule has 32 heavy (non-hydrogen) atoms. The van der Waals surface area contributed by atoms with Crippen molar-refractivity contribution < 1.29 is 24.3 Å². The molecule has 1 aromatic rings. The van der Waals surface area contributed by atoms with Gasteiger partial charge in [0.15, 0.2) is 0 Å². The van der Waals surface area contributed by atoms with Crippen LogP contribution in [0.5, 0.6) is 0 Å². The van der Waals surface area contributed by atoms with Crippen molar-refractivity contribution in [1.82, 2.24) is 20.9 Å². The van der Waals surface area contributed by atoms with Gasteiger partial charge in [-0.3, -0.25) is 29.4 Å². The second kappa shape index (κ2) is 7.75. The zero-order chi connectivity index (χ0) is 22.5. The van der Waals surface area contributed by atoms with Gasteiger partial charge in [-0.05, 0) is 61.9 Å². The first-order chi connectivity index (χ1) is 15.4. The number of aliphatic hydroxyl groups excluding tert-OH is 1. The van der Waals surface area contributed by atoms with E-state index in [1.165, 1.54) is 0 Å². The lowest BCUT2D eigenvalue weighted by Crippen LogP contribution is -2.54. The first kappa shape index (κ1) is 21.2. The Hall–Kier alpha value is -2.62. The lowest BCUT2D eigenvalue weighted by atomic mass is 9.85. The molecular weight excluding hydrogens is 412 g/mol. The number of nitrogens with one attached hydrogen (secondary N) is 3. The number of amides is 4. The Morgan fingerprint density at radius 2 is 1.84 bits per heavy atom. The summed E-state index contributed by atoms with van der Waals surface area (Å²) in [5, 5.41) is 19.1. The average Bonchev–Trinajstić information content (AvgIpc) is 3.32. The maximum atomic E-state index is 13.0. The highest BCUT2D eigenvalue weighted by Crippen LogP contribution is 2.67. The summed E-state index contributed by atoms with van der Waals surface area (Å²) in [6.45, 7) is 3.37. The number of nitrogens with zero attached hydrogens (tertiary/aromatic N) is 1. The summed E-state index contributed by atoms with van der Waals surface area (Å²) in [7, 11) is 0. The molecule has 4 amide bonds. The summed E-state index contributed by atoms with van der Waals surface area (Å²) in [4.78, 5) is 50.3. The maximum absolute atomic E-state index is 13.0. The van der Waals surface area contributed by atoms with Crippen LogP contribution in [0.3, 0.4) is 0 Å². The van der Waals surface area contributed by atoms with Gasteiger partial charge in [0.1, 0.15) is 6.04 Å². The highest BCUT2D eigenvalue weighted by molar-refractivity contribution is 6.23. The Kier molecular flexibility index (Phi) is 5.15. The molecule has 0 radical (unpaired) electrons. The lowest BCUT2D eigenvalue weighted by Gasteiger charge is -2.29. The number of carbonyl (C=O) groups is 4. The van der Waals surface area contributed by atoms with Gasteiger partial charge in [-0.2, -0.15) is 0 Å². The number of imide groups is 2. The van der Waals surface area contributed by atoms with Gasteiger partial charge in [0, 0.05) is 24.9 Å². The maximum Gasteiger partial charge on any atom is 0.262 e. The molecule has 1 saturated carbocycles. The molecule has 1 spiro atoms. The zero-order valence-electron chi connectivity index (χ0n) is 17.9. The number of hydrogen-bond donors (Lipinski definition) is 4. The van der Waals surface area contributed by atoms with Crippen molar-refractivity contribution in [1.29, 1.82) is 0 Å². The fourth-order valence-electron chi connectivity index (χ4n) is 5.82. The van der Waals surface area contributed by atoms with Crippen LogP contribution in [0.4, 0.5) is 0 Å². The van der Waals surface area contributed by atoms with Crippen LogP contribution in [0.15, 0.2) is 18.2 Å². The van der Waals surface area contributed by atoms with E-state index in [2.05, 4.69) is 16.0 Å². The number of piperidine rings is 2. The largest absolute Gasteiger partial charge is 0.396 e. The number of hydrogen-bond acceptors (Lipinski definition) is 7. The van der Waals surface area contributed by atoms with Crippen LogP contribution >= 0.6 is 0 Å². The standard InChI is InChI=1S/C23H28N4O5/c28-13-23(11-22(23)5-7-24-8-6-22)12-25-10-14-1-2-15-16(9-14)21(32)27(20(15)31)17-3-4-18(29)26-19(17)30/h1-2,9,17,24-25,28H,3-8,10-13H2,(H,26,29,30). The van der Waals surface area contributed by atoms with Crippen molar-refractivity contribution in [2.45, 2.75) is 44.7 Å². The molecule has 5 rings (SSSR count). The van der Waals surface area contributed by atoms with Crippen molar-refractivity contribution in [3.8, 4) is 0 Å². The Balaban J connectivity index is 1.25. The van der Waals surface area contributed by atoms with Crippen molar-refractivity contribution in [2.75, 3.05) is 26.2 Å². The van der Waals surface area contributed by atoms with Crippen molar-refractivity contribution in [3.05, 3.63) is 34.9 Å². The fourth-order valence-corrected chi connectivity index (χ4v) is 5.82. The SMILES string of the molecule is O=C1CCC(N2C(=O)c3ccc(CNCC4(CO)CC45CCNCC5)cc3C2=O)C(=O)N1. The van der Waals surface area contributed by atoms with Gasteiger partial charge in [0.2, 0.25) is 11.8 Å². The number of fused-ring (bicyclic) bond motifs is 1. The van der Waals surface area contributed by atoms with Gasteiger partial charge in [0.25, 0.3) is 11.8 Å². The number of benzene rings is 1. The van der Waals surface area contributed by atoms with Crippen molar-refractivity contribution >= 4 is 23.6 Å². The van der Waals surface area contributed by atoms with Crippen LogP contribution in [0.2, 0.25) is 0 Å². The van der Waals surface area contributed by atoms with E-state index in [4.69, 9.17) is 0 Å². The summed E-state index contributed by atoms with van der Waals surface area (Å²) in [5.74, 6) is -1.99. The van der Waals surface area contributed by atoms with Gasteiger partial charge in [-0.15, -0.1) is 0 Å². The second-order valence-electron chi connectivity index (χ2n) is 9.58. The van der Waals surface area contributed by atoms with Crippen LogP contribution in [0, 0.1) is 10.8 Å². The molecule has 170 valence electrons. The van der Waals surface area contributed by atoms with E-state index < -0.39 is 23.8 Å². The molecule has 2 saturated heterocycles. The first-order valence-corrected chi connectivity index (χ1v) is 11.3. The van der Waals surface area contributed by atoms with Crippen LogP contribution in [0.25, 0.3) is 0 Å². The minimum absolute atomic E-state index is 0.0831. The third-order valence-electron chi connectivity index (χ3n) is 7.84. The van der Waals surface area contributed by atoms with Crippen LogP contribution < -0.4 is 16.0 Å². The topological polar surface area (TPSA) is 128 Å². The quantitative estimate of drug-likeness (QED) is 0.456. The average molecular weight is 441 g/mol. The molecule has 0 bridgehead atoms. The molecule has 3 fully saturated rings. The summed E-state index contributed by atoms with van der Waals surface area (Å²) in [6, 6.07) is 4.19. The number of rotatable bonds is 6. The molecule has 2 unspecified atom stereocenters. The normalized spacial score (nSPS) is 28.8. The van der Waals surface area contributed by atoms with E-state index in [9.17, 15) is 24.3 Å². The van der Waals surface area contributed by atoms with E-state index in [1.807, 2.05) is 6.07 Å². The third-order valence-corrected chi connectivity index (χ3v) is 7.84. The molecule has 1 aromatic carbocycles. The summed E-state index contributed by atoms with van der Waals surface area (Å²) >= 11 is 0. The van der Waals surface area contributed by atoms with Crippen LogP contribution in [0.1, 0.15) is 58.4 Å². The molecule has 3 heterocycles. The Bertz CT molecular complexity index is 1000. The Morgan fingerprint density at radius 1 is 1.09 bits per heavy atom. The first-order valence-electron chi connectivity index (χ1n) is 11.3. The highest BCUT2D eigenvalue weighted by atomic mass is 16.3. The molecule has 1 aliphatic carbocycles. The molecule has 0 aromatic heterocycles. The summed E-state index contributed by atoms with van der Waals surface area (Å²) in [5.41, 5.74) is 1.58. The lowest BCUT2D eigenvalue weighted by molar-refractivity contribution is -0.136. The van der Waals surface area contributed by atoms with Gasteiger partial charge in [0.05, 0.1) is 17.7 Å². The molecule has 4 aliphatic rings. The van der Waals surface area contributed by atoms with Gasteiger partial charge >= 0.3 is 0 Å². The summed E-state index contributed by atoms with van der Waals surface area (Å²) < 4.78 is 0. The van der Waals surface area contributed by atoms with E-state index in [-0.39, 0.29) is 47.3 Å². The van der Waals surface area contributed by atoms with Crippen LogP contribution in [-0.4, -0.2) is 65.9 Å². The number of carbonyl (C=O) groups excluding carboxylic acids is 4. The second-order valence-corrected chi connectivity index (χ2v) is 9.58. The molecule has 4 N–H and O–H groups in total. The van der Waals surface area contributed by atoms with Crippen LogP contribution in [-0.2, 0) is 16.1 Å². The fraction of sp³-hybridized carbons (Fsp3) is 0.565. The molecule has 3 aliphatic heterocycles. The highest BCUT2D eigenvalue weighted by Gasteiger charge is 2.65. The van der Waals surface area contributed by atoms with Crippen molar-refractivity contribution in [2.24, 2.45) is 10.8 Å². The van der Waals surface area contributed by atoms with E-state index in [0.717, 1.165) is 42.8 Å². The van der Waals surface area contributed by atoms with Gasteiger partial charge < -0.3 is 15.7 Å². The molecule has 9 nitrogen and oxygen atoms in total. The minimum atomic E-state index is -0.956. The molecule has 2 atom stereocenters. The molecular formula is C23H28N4O5. The summed E-state index contributed by atoms with van der Waals surface area (Å²) in [6.07, 6.45) is 3.44. The smallest absolute Gasteiger partial charge is 0.262 e. The molecule has 9 heteroatoms. The number of aliphatic hydroxyl groups is 1. The predicted molar refractivity (Wildman–Crippen MR) is 113 cm³/mol. The predicted octanol–water partition coefficient (Wildman–Crippen LogP) is -0.0704.